The maximum Gasteiger partial charge on any atom is 2.00 e. The molecule has 0 atom stereocenters. The van der Waals surface area contributed by atoms with Gasteiger partial charge in [0.1, 0.15) is 0 Å². The largest absolute Gasteiger partial charge is 2.00 e. The van der Waals surface area contributed by atoms with Gasteiger partial charge in [-0.15, -0.1) is 0 Å². The van der Waals surface area contributed by atoms with Gasteiger partial charge < -0.3 is 28.2 Å². The number of allylic oxidation sites excluding steroid dienone is 1. The van der Waals surface area contributed by atoms with E-state index in [4.69, 9.17) is 22.1 Å². The van der Waals surface area contributed by atoms with E-state index in [-0.39, 0.29) is 22.9 Å². The van der Waals surface area contributed by atoms with Crippen molar-refractivity contribution in [1.82, 2.24) is 0 Å². The van der Waals surface area contributed by atoms with Gasteiger partial charge in [0.15, 0.2) is 5.79 Å². The zero-order valence-corrected chi connectivity index (χ0v) is 11.1. The molecule has 2 nitrogen and oxygen atoms in total. The summed E-state index contributed by atoms with van der Waals surface area (Å²) in [5.74, 6) is -0.347. The number of hydrogen-bond acceptors (Lipinski definition) is 3. The number of benzene rings is 1. The van der Waals surface area contributed by atoms with Gasteiger partial charge in [0, 0.05) is 0 Å². The van der Waals surface area contributed by atoms with Crippen molar-refractivity contribution >= 4 is 12.6 Å². The first-order valence-corrected chi connectivity index (χ1v) is 5.79. The van der Waals surface area contributed by atoms with E-state index in [9.17, 15) is 0 Å². The molecule has 4 heteroatoms. The maximum absolute atomic E-state index is 5.36. The van der Waals surface area contributed by atoms with E-state index in [0.717, 1.165) is 31.0 Å². The second-order valence-electron chi connectivity index (χ2n) is 3.67. The second-order valence-corrected chi connectivity index (χ2v) is 4.14. The molecule has 0 bridgehead atoms. The molecule has 1 spiro atoms. The summed E-state index contributed by atoms with van der Waals surface area (Å²) in [6.45, 7) is 1.47. The average Bonchev–Trinajstić information content (AvgIpc) is 2.95. The Bertz CT molecular complexity index is 348. The molecule has 17 heavy (non-hydrogen) atoms. The molecule has 0 unspecified atom stereocenters. The first kappa shape index (κ1) is 14.7. The molecule has 0 saturated carbocycles. The molecule has 1 radical (unpaired) electrons. The van der Waals surface area contributed by atoms with Crippen LogP contribution in [-0.4, -0.2) is 19.0 Å². The molecule has 1 fully saturated rings. The fraction of sp³-hybridized carbons (Fsp3) is 0.385. The Kier molecular flexibility index (Phi) is 6.17. The van der Waals surface area contributed by atoms with Crippen molar-refractivity contribution in [3.05, 3.63) is 42.5 Å². The van der Waals surface area contributed by atoms with Gasteiger partial charge in [0.25, 0.3) is 0 Å². The van der Waals surface area contributed by atoms with Gasteiger partial charge in [-0.1, -0.05) is 30.3 Å². The minimum absolute atomic E-state index is 0. The molecule has 1 aromatic carbocycles. The predicted molar refractivity (Wildman–Crippen MR) is 63.8 cm³/mol. The normalized spacial score (nSPS) is 19.5. The molecule has 1 heterocycles. The molecule has 0 N–H and O–H groups in total. The van der Waals surface area contributed by atoms with Gasteiger partial charge in [-0.05, 0) is 6.42 Å². The van der Waals surface area contributed by atoms with Gasteiger partial charge in [0.2, 0.25) is 0 Å². The molecule has 1 aliphatic carbocycles. The molecule has 95 valence electrons. The number of hydrogen-bond donors (Lipinski definition) is 0. The van der Waals surface area contributed by atoms with Crippen LogP contribution in [0.25, 0.3) is 0 Å². The quantitative estimate of drug-likeness (QED) is 0.416. The summed E-state index contributed by atoms with van der Waals surface area (Å²) in [6, 6.07) is 9.62. The van der Waals surface area contributed by atoms with Crippen LogP contribution in [0.2, 0.25) is 0 Å². The van der Waals surface area contributed by atoms with E-state index < -0.39 is 0 Å². The fourth-order valence-corrected chi connectivity index (χ4v) is 1.82. The van der Waals surface area contributed by atoms with Gasteiger partial charge >= 0.3 is 17.1 Å². The molecule has 1 saturated heterocycles. The topological polar surface area (TPSA) is 18.5 Å². The zero-order valence-electron chi connectivity index (χ0n) is 9.32. The van der Waals surface area contributed by atoms with Crippen molar-refractivity contribution in [2.24, 2.45) is 0 Å². The van der Waals surface area contributed by atoms with E-state index in [1.807, 2.05) is 36.4 Å². The van der Waals surface area contributed by atoms with Gasteiger partial charge in [-0.3, -0.25) is 0 Å². The van der Waals surface area contributed by atoms with Crippen molar-refractivity contribution < 1.29 is 26.5 Å². The molecule has 1 aliphatic heterocycles. The third-order valence-corrected chi connectivity index (χ3v) is 2.73. The molecular formula is C13H14CuO2S. The minimum Gasteiger partial charge on any atom is -0.780 e. The van der Waals surface area contributed by atoms with E-state index in [2.05, 4.69) is 6.08 Å². The van der Waals surface area contributed by atoms with Crippen molar-refractivity contribution in [2.75, 3.05) is 13.2 Å². The Morgan fingerprint density at radius 3 is 2.18 bits per heavy atom. The molecule has 1 aromatic rings. The van der Waals surface area contributed by atoms with Crippen LogP contribution in [0.1, 0.15) is 12.8 Å². The molecule has 2 aliphatic rings. The Morgan fingerprint density at radius 2 is 1.76 bits per heavy atom. The van der Waals surface area contributed by atoms with Crippen molar-refractivity contribution in [1.29, 1.82) is 0 Å². The smallest absolute Gasteiger partial charge is 0.780 e. The van der Waals surface area contributed by atoms with E-state index in [1.165, 1.54) is 0 Å². The summed E-state index contributed by atoms with van der Waals surface area (Å²) >= 11 is 4.81. The Morgan fingerprint density at radius 1 is 1.12 bits per heavy atom. The Balaban J connectivity index is 0.000000166. The van der Waals surface area contributed by atoms with E-state index >= 15 is 0 Å². The molecule has 3 rings (SSSR count). The van der Waals surface area contributed by atoms with Crippen LogP contribution in [0.5, 0.6) is 0 Å². The van der Waals surface area contributed by atoms with E-state index in [1.54, 1.807) is 0 Å². The molecular weight excluding hydrogens is 284 g/mol. The van der Waals surface area contributed by atoms with E-state index in [0.29, 0.717) is 0 Å². The zero-order chi connectivity index (χ0) is 11.3. The fourth-order valence-electron chi connectivity index (χ4n) is 1.66. The van der Waals surface area contributed by atoms with Crippen LogP contribution in [0.4, 0.5) is 0 Å². The summed E-state index contributed by atoms with van der Waals surface area (Å²) in [7, 11) is 0. The standard InChI is InChI=1S/C7H9O2.C6H6S.Cu/c1-2-4-7(3-1)8-5-6-9-7;7-6-4-2-1-3-5-6;/h4H,1,3,5-6H2;1-5,7H;/q-1;;+2/p-1. The van der Waals surface area contributed by atoms with Crippen LogP contribution >= 0.6 is 0 Å². The summed E-state index contributed by atoms with van der Waals surface area (Å²) in [5, 5.41) is 0. The monoisotopic (exact) mass is 297 g/mol. The predicted octanol–water partition coefficient (Wildman–Crippen LogP) is 2.47. The third-order valence-electron chi connectivity index (χ3n) is 2.46. The first-order chi connectivity index (χ1) is 7.81. The van der Waals surface area contributed by atoms with Crippen molar-refractivity contribution in [3.8, 4) is 0 Å². The van der Waals surface area contributed by atoms with Crippen molar-refractivity contribution in [3.63, 3.8) is 0 Å². The summed E-state index contributed by atoms with van der Waals surface area (Å²) in [6.07, 6.45) is 6.91. The van der Waals surface area contributed by atoms with Gasteiger partial charge in [0.05, 0.1) is 13.2 Å². The van der Waals surface area contributed by atoms with Crippen LogP contribution in [0, 0.1) is 6.08 Å². The molecule has 0 amide bonds. The van der Waals surface area contributed by atoms with Crippen LogP contribution in [-0.2, 0) is 39.2 Å². The van der Waals surface area contributed by atoms with Crippen LogP contribution in [0.3, 0.4) is 0 Å². The maximum atomic E-state index is 5.36. The summed E-state index contributed by atoms with van der Waals surface area (Å²) in [5.41, 5.74) is 0. The Hall–Kier alpha value is -0.381. The number of rotatable bonds is 0. The summed E-state index contributed by atoms with van der Waals surface area (Å²) in [4.78, 5) is 0.905. The minimum atomic E-state index is -0.347. The summed E-state index contributed by atoms with van der Waals surface area (Å²) < 4.78 is 10.7. The average molecular weight is 298 g/mol. The first-order valence-electron chi connectivity index (χ1n) is 5.38. The number of ether oxygens (including phenoxy) is 2. The van der Waals surface area contributed by atoms with Crippen molar-refractivity contribution in [2.45, 2.75) is 23.5 Å². The molecule has 0 aromatic heterocycles. The van der Waals surface area contributed by atoms with Crippen LogP contribution < -0.4 is 0 Å². The van der Waals surface area contributed by atoms with Gasteiger partial charge in [-0.25, -0.2) is 6.08 Å². The van der Waals surface area contributed by atoms with Gasteiger partial charge in [-0.2, -0.15) is 11.3 Å². The second kappa shape index (κ2) is 7.14. The SMILES string of the molecule is [C-]1=CC2(CC1)OCCO2.[Cu+2].[S-]c1ccccc1. The third kappa shape index (κ3) is 4.41. The Labute approximate surface area is 118 Å². The van der Waals surface area contributed by atoms with Crippen LogP contribution in [0.15, 0.2) is 41.3 Å².